The lowest BCUT2D eigenvalue weighted by molar-refractivity contribution is -0.157. The van der Waals surface area contributed by atoms with Gasteiger partial charge in [-0.05, 0) is 57.5 Å². The third-order valence-corrected chi connectivity index (χ3v) is 4.04. The molecule has 0 fully saturated rings. The highest BCUT2D eigenvalue weighted by atomic mass is 16.6. The lowest BCUT2D eigenvalue weighted by Crippen LogP contribution is -2.38. The summed E-state index contributed by atoms with van der Waals surface area (Å²) in [6, 6.07) is 8.24. The van der Waals surface area contributed by atoms with Crippen LogP contribution in [0, 0.1) is 11.3 Å². The van der Waals surface area contributed by atoms with Gasteiger partial charge >= 0.3 is 11.9 Å². The maximum atomic E-state index is 12.1. The monoisotopic (exact) mass is 395 g/mol. The van der Waals surface area contributed by atoms with Crippen LogP contribution in [0.4, 0.5) is 0 Å². The number of carbonyl (C=O) groups excluding carboxylic acids is 2. The number of rotatable bonds is 6. The molecule has 0 amide bonds. The molecule has 1 aromatic carbocycles. The molecule has 0 saturated heterocycles. The summed E-state index contributed by atoms with van der Waals surface area (Å²) in [5, 5.41) is 12.5. The molecule has 1 atom stereocenters. The summed E-state index contributed by atoms with van der Waals surface area (Å²) >= 11 is 0. The second kappa shape index (κ2) is 9.30. The molecule has 0 radical (unpaired) electrons. The molecule has 152 valence electrons. The van der Waals surface area contributed by atoms with E-state index in [-0.39, 0.29) is 5.97 Å². The molecule has 1 heterocycles. The molecular weight excluding hydrogens is 370 g/mol. The molecule has 29 heavy (non-hydrogen) atoms. The molecule has 1 unspecified atom stereocenters. The summed E-state index contributed by atoms with van der Waals surface area (Å²) in [6.45, 7) is 7.58. The van der Waals surface area contributed by atoms with Crippen molar-refractivity contribution in [2.45, 2.75) is 45.9 Å². The Hall–Kier alpha value is -3.24. The van der Waals surface area contributed by atoms with Crippen molar-refractivity contribution in [2.24, 2.45) is 0 Å². The highest BCUT2D eigenvalue weighted by Gasteiger charge is 2.21. The zero-order valence-electron chi connectivity index (χ0n) is 17.3. The van der Waals surface area contributed by atoms with E-state index in [4.69, 9.17) is 9.47 Å². The fraction of sp³-hybridized carbons (Fsp3) is 0.364. The Morgan fingerprint density at radius 3 is 2.59 bits per heavy atom. The summed E-state index contributed by atoms with van der Waals surface area (Å²) in [6.07, 6.45) is 3.30. The smallest absolute Gasteiger partial charge is 0.337 e. The topological polar surface area (TPSA) is 101 Å². The van der Waals surface area contributed by atoms with Crippen molar-refractivity contribution in [1.29, 1.82) is 5.26 Å². The summed E-state index contributed by atoms with van der Waals surface area (Å²) in [4.78, 5) is 28.2. The summed E-state index contributed by atoms with van der Waals surface area (Å²) in [5.41, 5.74) is 2.33. The van der Waals surface area contributed by atoms with Crippen LogP contribution in [0.25, 0.3) is 11.1 Å². The number of benzene rings is 1. The third-order valence-electron chi connectivity index (χ3n) is 4.04. The Morgan fingerprint density at radius 1 is 1.24 bits per heavy atom. The number of ether oxygens (including phenoxy) is 2. The van der Waals surface area contributed by atoms with E-state index in [9.17, 15) is 14.9 Å². The standard InChI is InChI=1S/C22H25N3O4/c1-14(20(26)29-22(2,3)4)25-12-15-8-18(13-24-11-15)19-9-16(21(27)28-5)6-7-17(19)10-23/h6-9,11,13-14,25H,12H2,1-5H3. The van der Waals surface area contributed by atoms with Crippen molar-refractivity contribution < 1.29 is 19.1 Å². The van der Waals surface area contributed by atoms with E-state index >= 15 is 0 Å². The maximum Gasteiger partial charge on any atom is 0.337 e. The van der Waals surface area contributed by atoms with Gasteiger partial charge in [0.1, 0.15) is 11.6 Å². The maximum absolute atomic E-state index is 12.1. The first-order valence-electron chi connectivity index (χ1n) is 9.17. The largest absolute Gasteiger partial charge is 0.465 e. The van der Waals surface area contributed by atoms with Gasteiger partial charge in [0.2, 0.25) is 0 Å². The predicted molar refractivity (Wildman–Crippen MR) is 108 cm³/mol. The Bertz CT molecular complexity index is 942. The van der Waals surface area contributed by atoms with Crippen LogP contribution in [0.2, 0.25) is 0 Å². The normalized spacial score (nSPS) is 12.0. The van der Waals surface area contributed by atoms with Crippen LogP contribution in [0.5, 0.6) is 0 Å². The molecule has 0 bridgehead atoms. The zero-order chi connectivity index (χ0) is 21.6. The lowest BCUT2D eigenvalue weighted by atomic mass is 9.98. The highest BCUT2D eigenvalue weighted by Crippen LogP contribution is 2.25. The molecule has 2 aromatic rings. The van der Waals surface area contributed by atoms with Crippen molar-refractivity contribution in [3.63, 3.8) is 0 Å². The molecule has 2 rings (SSSR count). The number of aromatic nitrogens is 1. The quantitative estimate of drug-likeness (QED) is 0.749. The molecule has 7 nitrogen and oxygen atoms in total. The SMILES string of the molecule is COC(=O)c1ccc(C#N)c(-c2cncc(CNC(C)C(=O)OC(C)(C)C)c2)c1. The summed E-state index contributed by atoms with van der Waals surface area (Å²) in [5.74, 6) is -0.813. The van der Waals surface area contributed by atoms with E-state index in [0.29, 0.717) is 28.8 Å². The van der Waals surface area contributed by atoms with Crippen LogP contribution < -0.4 is 5.32 Å². The van der Waals surface area contributed by atoms with Gasteiger partial charge in [0.25, 0.3) is 0 Å². The van der Waals surface area contributed by atoms with Gasteiger partial charge in [-0.2, -0.15) is 5.26 Å². The van der Waals surface area contributed by atoms with Gasteiger partial charge in [0.05, 0.1) is 24.3 Å². The Kier molecular flexibility index (Phi) is 7.08. The van der Waals surface area contributed by atoms with Crippen molar-refractivity contribution in [3.05, 3.63) is 53.3 Å². The summed E-state index contributed by atoms with van der Waals surface area (Å²) in [7, 11) is 1.31. The van der Waals surface area contributed by atoms with Crippen molar-refractivity contribution in [1.82, 2.24) is 10.3 Å². The molecule has 7 heteroatoms. The number of hydrogen-bond acceptors (Lipinski definition) is 7. The molecular formula is C22H25N3O4. The number of hydrogen-bond donors (Lipinski definition) is 1. The molecule has 0 aliphatic heterocycles. The fourth-order valence-electron chi connectivity index (χ4n) is 2.60. The number of methoxy groups -OCH3 is 1. The second-order valence-electron chi connectivity index (χ2n) is 7.58. The number of carbonyl (C=O) groups is 2. The van der Waals surface area contributed by atoms with E-state index < -0.39 is 17.6 Å². The third kappa shape index (κ3) is 6.13. The number of esters is 2. The highest BCUT2D eigenvalue weighted by molar-refractivity contribution is 5.91. The van der Waals surface area contributed by atoms with E-state index in [2.05, 4.69) is 16.4 Å². The van der Waals surface area contributed by atoms with Crippen molar-refractivity contribution in [3.8, 4) is 17.2 Å². The minimum Gasteiger partial charge on any atom is -0.465 e. The van der Waals surface area contributed by atoms with Gasteiger partial charge in [0.15, 0.2) is 0 Å². The first-order chi connectivity index (χ1) is 13.6. The Balaban J connectivity index is 2.21. The second-order valence-corrected chi connectivity index (χ2v) is 7.58. The van der Waals surface area contributed by atoms with E-state index in [1.807, 2.05) is 26.8 Å². The molecule has 1 aromatic heterocycles. The van der Waals surface area contributed by atoms with Gasteiger partial charge in [0, 0.05) is 30.1 Å². The Labute approximate surface area is 170 Å². The fourth-order valence-corrected chi connectivity index (χ4v) is 2.60. The lowest BCUT2D eigenvalue weighted by Gasteiger charge is -2.22. The number of nitriles is 1. The van der Waals surface area contributed by atoms with E-state index in [0.717, 1.165) is 5.56 Å². The number of nitrogens with zero attached hydrogens (tertiary/aromatic N) is 2. The van der Waals surface area contributed by atoms with Crippen LogP contribution in [0.3, 0.4) is 0 Å². The average Bonchev–Trinajstić information content (AvgIpc) is 2.69. The molecule has 0 saturated carbocycles. The number of nitrogens with one attached hydrogen (secondary N) is 1. The number of pyridine rings is 1. The van der Waals surface area contributed by atoms with E-state index in [1.165, 1.54) is 7.11 Å². The molecule has 0 aliphatic rings. The predicted octanol–water partition coefficient (Wildman–Crippen LogP) is 3.23. The van der Waals surface area contributed by atoms with Crippen LogP contribution in [-0.2, 0) is 20.8 Å². The van der Waals surface area contributed by atoms with Crippen molar-refractivity contribution >= 4 is 11.9 Å². The van der Waals surface area contributed by atoms with Gasteiger partial charge in [-0.3, -0.25) is 9.78 Å². The molecule has 1 N–H and O–H groups in total. The molecule has 0 spiro atoms. The van der Waals surface area contributed by atoms with Crippen molar-refractivity contribution in [2.75, 3.05) is 7.11 Å². The van der Waals surface area contributed by atoms with Gasteiger partial charge in [-0.15, -0.1) is 0 Å². The van der Waals surface area contributed by atoms with Gasteiger partial charge < -0.3 is 14.8 Å². The van der Waals surface area contributed by atoms with Gasteiger partial charge in [-0.25, -0.2) is 4.79 Å². The first kappa shape index (κ1) is 22.1. The van der Waals surface area contributed by atoms with Crippen LogP contribution in [0.1, 0.15) is 49.2 Å². The zero-order valence-corrected chi connectivity index (χ0v) is 17.3. The Morgan fingerprint density at radius 2 is 1.97 bits per heavy atom. The van der Waals surface area contributed by atoms with Gasteiger partial charge in [-0.1, -0.05) is 0 Å². The van der Waals surface area contributed by atoms with Crippen LogP contribution >= 0.6 is 0 Å². The molecule has 0 aliphatic carbocycles. The van der Waals surface area contributed by atoms with Crippen LogP contribution in [0.15, 0.2) is 36.7 Å². The van der Waals surface area contributed by atoms with Crippen LogP contribution in [-0.4, -0.2) is 35.7 Å². The first-order valence-corrected chi connectivity index (χ1v) is 9.17. The average molecular weight is 395 g/mol. The van der Waals surface area contributed by atoms with E-state index in [1.54, 1.807) is 37.5 Å². The summed E-state index contributed by atoms with van der Waals surface area (Å²) < 4.78 is 10.1. The minimum atomic E-state index is -0.549. The minimum absolute atomic E-state index is 0.334.